The number of methoxy groups -OCH3 is 1. The first kappa shape index (κ1) is 22.9. The van der Waals surface area contributed by atoms with Crippen molar-refractivity contribution in [2.24, 2.45) is 0 Å². The van der Waals surface area contributed by atoms with E-state index in [9.17, 15) is 4.79 Å². The molecule has 7 nitrogen and oxygen atoms in total. The second kappa shape index (κ2) is 10.5. The van der Waals surface area contributed by atoms with Crippen LogP contribution in [0.3, 0.4) is 0 Å². The maximum absolute atomic E-state index is 12.6. The number of aromatic nitrogens is 3. The summed E-state index contributed by atoms with van der Waals surface area (Å²) >= 11 is 0. The fourth-order valence-electron chi connectivity index (χ4n) is 4.14. The SMILES string of the molecule is COCc1ccc(C(=O)NC2CCN(c3ncc(-c4ccncc4)c(C(C)C)n3)CC2)cc1. The van der Waals surface area contributed by atoms with Gasteiger partial charge >= 0.3 is 0 Å². The van der Waals surface area contributed by atoms with Crippen molar-refractivity contribution in [3.8, 4) is 11.1 Å². The molecule has 0 radical (unpaired) electrons. The van der Waals surface area contributed by atoms with Crippen LogP contribution in [-0.4, -0.2) is 47.1 Å². The van der Waals surface area contributed by atoms with E-state index in [-0.39, 0.29) is 17.9 Å². The van der Waals surface area contributed by atoms with Crippen LogP contribution < -0.4 is 10.2 Å². The van der Waals surface area contributed by atoms with E-state index in [2.05, 4.69) is 34.0 Å². The van der Waals surface area contributed by atoms with Crippen LogP contribution >= 0.6 is 0 Å². The number of carbonyl (C=O) groups is 1. The van der Waals surface area contributed by atoms with Crippen LogP contribution in [0.5, 0.6) is 0 Å². The first-order chi connectivity index (χ1) is 16.0. The summed E-state index contributed by atoms with van der Waals surface area (Å²) in [5.41, 5.74) is 4.90. The Labute approximate surface area is 195 Å². The van der Waals surface area contributed by atoms with E-state index >= 15 is 0 Å². The van der Waals surface area contributed by atoms with Gasteiger partial charge in [-0.2, -0.15) is 0 Å². The molecule has 4 rings (SSSR count). The number of anilines is 1. The highest BCUT2D eigenvalue weighted by molar-refractivity contribution is 5.94. The third-order valence-electron chi connectivity index (χ3n) is 5.98. The predicted octanol–water partition coefficient (Wildman–Crippen LogP) is 4.21. The van der Waals surface area contributed by atoms with Crippen molar-refractivity contribution in [2.75, 3.05) is 25.1 Å². The molecular weight excluding hydrogens is 414 g/mol. The average Bonchev–Trinajstić information content (AvgIpc) is 2.85. The molecule has 1 aliphatic rings. The zero-order valence-corrected chi connectivity index (χ0v) is 19.5. The van der Waals surface area contributed by atoms with Crippen molar-refractivity contribution in [2.45, 2.75) is 45.3 Å². The number of nitrogens with zero attached hydrogens (tertiary/aromatic N) is 4. The molecule has 1 aromatic carbocycles. The van der Waals surface area contributed by atoms with Gasteiger partial charge in [-0.3, -0.25) is 9.78 Å². The normalized spacial score (nSPS) is 14.5. The Morgan fingerprint density at radius 2 is 1.82 bits per heavy atom. The fraction of sp³-hybridized carbons (Fsp3) is 0.385. The molecule has 3 aromatic rings. The molecule has 0 spiro atoms. The van der Waals surface area contributed by atoms with E-state index in [1.54, 1.807) is 19.5 Å². The largest absolute Gasteiger partial charge is 0.380 e. The summed E-state index contributed by atoms with van der Waals surface area (Å²) < 4.78 is 5.13. The molecule has 172 valence electrons. The molecule has 2 aromatic heterocycles. The van der Waals surface area contributed by atoms with Crippen LogP contribution in [0.1, 0.15) is 54.2 Å². The van der Waals surface area contributed by atoms with Crippen molar-refractivity contribution in [1.29, 1.82) is 0 Å². The van der Waals surface area contributed by atoms with Crippen molar-refractivity contribution in [1.82, 2.24) is 20.3 Å². The monoisotopic (exact) mass is 445 g/mol. The first-order valence-corrected chi connectivity index (χ1v) is 11.5. The van der Waals surface area contributed by atoms with E-state index in [1.807, 2.05) is 42.6 Å². The van der Waals surface area contributed by atoms with Gasteiger partial charge in [0.15, 0.2) is 0 Å². The minimum absolute atomic E-state index is 0.0301. The van der Waals surface area contributed by atoms with Crippen LogP contribution in [0, 0.1) is 0 Å². The third kappa shape index (κ3) is 5.54. The van der Waals surface area contributed by atoms with Gasteiger partial charge in [0.05, 0.1) is 12.3 Å². The second-order valence-corrected chi connectivity index (χ2v) is 8.72. The molecular formula is C26H31N5O2. The van der Waals surface area contributed by atoms with Gasteiger partial charge in [-0.15, -0.1) is 0 Å². The molecule has 0 atom stereocenters. The smallest absolute Gasteiger partial charge is 0.251 e. The molecule has 1 amide bonds. The Kier molecular flexibility index (Phi) is 7.29. The summed E-state index contributed by atoms with van der Waals surface area (Å²) in [6.45, 7) is 6.47. The van der Waals surface area contributed by atoms with Crippen molar-refractivity contribution >= 4 is 11.9 Å². The Balaban J connectivity index is 1.38. The van der Waals surface area contributed by atoms with Crippen LogP contribution in [0.4, 0.5) is 5.95 Å². The number of ether oxygens (including phenoxy) is 1. The summed E-state index contributed by atoms with van der Waals surface area (Å²) in [5, 5.41) is 3.18. The maximum Gasteiger partial charge on any atom is 0.251 e. The molecule has 0 aliphatic carbocycles. The van der Waals surface area contributed by atoms with E-state index in [0.717, 1.165) is 54.3 Å². The molecule has 0 saturated carbocycles. The first-order valence-electron chi connectivity index (χ1n) is 11.5. The molecule has 7 heteroatoms. The third-order valence-corrected chi connectivity index (χ3v) is 5.98. The zero-order valence-electron chi connectivity index (χ0n) is 19.5. The van der Waals surface area contributed by atoms with Gasteiger partial charge in [0.2, 0.25) is 5.95 Å². The lowest BCUT2D eigenvalue weighted by atomic mass is 10.00. The number of piperidine rings is 1. The average molecular weight is 446 g/mol. The second-order valence-electron chi connectivity index (χ2n) is 8.72. The molecule has 33 heavy (non-hydrogen) atoms. The van der Waals surface area contributed by atoms with E-state index in [0.29, 0.717) is 12.2 Å². The van der Waals surface area contributed by atoms with Crippen LogP contribution in [0.25, 0.3) is 11.1 Å². The standard InChI is InChI=1S/C26H31N5O2/c1-18(2)24-23(20-8-12-27-13-9-20)16-28-26(30-24)31-14-10-22(11-15-31)29-25(32)21-6-4-19(5-7-21)17-33-3/h4-9,12-13,16,18,22H,10-11,14-15,17H2,1-3H3,(H,29,32). The van der Waals surface area contributed by atoms with Gasteiger partial charge in [0, 0.05) is 56.0 Å². The molecule has 0 bridgehead atoms. The lowest BCUT2D eigenvalue weighted by Crippen LogP contribution is -2.45. The number of pyridine rings is 1. The van der Waals surface area contributed by atoms with Crippen LogP contribution in [0.15, 0.2) is 55.0 Å². The van der Waals surface area contributed by atoms with Gasteiger partial charge < -0.3 is 15.0 Å². The van der Waals surface area contributed by atoms with Crippen molar-refractivity contribution < 1.29 is 9.53 Å². The summed E-state index contributed by atoms with van der Waals surface area (Å²) in [6, 6.07) is 11.7. The van der Waals surface area contributed by atoms with E-state index < -0.39 is 0 Å². The lowest BCUT2D eigenvalue weighted by Gasteiger charge is -2.32. The van der Waals surface area contributed by atoms with Crippen LogP contribution in [-0.2, 0) is 11.3 Å². The number of hydrogen-bond acceptors (Lipinski definition) is 6. The number of carbonyl (C=O) groups excluding carboxylic acids is 1. The van der Waals surface area contributed by atoms with Gasteiger partial charge in [-0.05, 0) is 54.2 Å². The maximum atomic E-state index is 12.6. The van der Waals surface area contributed by atoms with E-state index in [1.165, 1.54) is 0 Å². The predicted molar refractivity (Wildman–Crippen MR) is 129 cm³/mol. The van der Waals surface area contributed by atoms with Gasteiger partial charge in [-0.1, -0.05) is 26.0 Å². The molecule has 1 saturated heterocycles. The fourth-order valence-corrected chi connectivity index (χ4v) is 4.14. The van der Waals surface area contributed by atoms with Crippen LogP contribution in [0.2, 0.25) is 0 Å². The molecule has 1 aliphatic heterocycles. The summed E-state index contributed by atoms with van der Waals surface area (Å²) in [7, 11) is 1.66. The Hall–Kier alpha value is -3.32. The summed E-state index contributed by atoms with van der Waals surface area (Å²) in [6.07, 6.45) is 7.23. The number of rotatable bonds is 7. The summed E-state index contributed by atoms with van der Waals surface area (Å²) in [5.74, 6) is 1.01. The quantitative estimate of drug-likeness (QED) is 0.587. The Morgan fingerprint density at radius 1 is 1.12 bits per heavy atom. The number of nitrogens with one attached hydrogen (secondary N) is 1. The summed E-state index contributed by atoms with van der Waals surface area (Å²) in [4.78, 5) is 28.6. The van der Waals surface area contributed by atoms with Gasteiger partial charge in [0.1, 0.15) is 0 Å². The zero-order chi connectivity index (χ0) is 23.2. The topological polar surface area (TPSA) is 80.2 Å². The molecule has 1 N–H and O–H groups in total. The van der Waals surface area contributed by atoms with Gasteiger partial charge in [0.25, 0.3) is 5.91 Å². The van der Waals surface area contributed by atoms with Crippen molar-refractivity contribution in [3.05, 3.63) is 71.8 Å². The number of hydrogen-bond donors (Lipinski definition) is 1. The van der Waals surface area contributed by atoms with Gasteiger partial charge in [-0.25, -0.2) is 9.97 Å². The highest BCUT2D eigenvalue weighted by Gasteiger charge is 2.24. The molecule has 0 unspecified atom stereocenters. The number of benzene rings is 1. The van der Waals surface area contributed by atoms with Crippen molar-refractivity contribution in [3.63, 3.8) is 0 Å². The number of amides is 1. The lowest BCUT2D eigenvalue weighted by molar-refractivity contribution is 0.0931. The molecule has 1 fully saturated rings. The minimum Gasteiger partial charge on any atom is -0.380 e. The Morgan fingerprint density at radius 3 is 2.45 bits per heavy atom. The highest BCUT2D eigenvalue weighted by atomic mass is 16.5. The molecule has 3 heterocycles. The Bertz CT molecular complexity index is 1060. The highest BCUT2D eigenvalue weighted by Crippen LogP contribution is 2.29. The van der Waals surface area contributed by atoms with E-state index in [4.69, 9.17) is 9.72 Å². The minimum atomic E-state index is -0.0301.